The molecule has 1 unspecified atom stereocenters. The van der Waals surface area contributed by atoms with Gasteiger partial charge in [0, 0.05) is 22.8 Å². The Bertz CT molecular complexity index is 563. The number of halogens is 1. The Morgan fingerprint density at radius 3 is 2.85 bits per heavy atom. The summed E-state index contributed by atoms with van der Waals surface area (Å²) in [6, 6.07) is 6.58. The molecule has 0 radical (unpaired) electrons. The number of hydrogen-bond acceptors (Lipinski definition) is 2. The number of rotatable bonds is 6. The van der Waals surface area contributed by atoms with Gasteiger partial charge in [0.1, 0.15) is 0 Å². The number of nitrogens with zero attached hydrogens (tertiary/aromatic N) is 2. The number of aryl methyl sites for hydroxylation is 2. The van der Waals surface area contributed by atoms with Crippen LogP contribution in [-0.4, -0.2) is 16.3 Å². The van der Waals surface area contributed by atoms with E-state index in [4.69, 9.17) is 0 Å². The summed E-state index contributed by atoms with van der Waals surface area (Å²) in [5.74, 6) is 0. The van der Waals surface area contributed by atoms with E-state index in [2.05, 4.69) is 71.5 Å². The lowest BCUT2D eigenvalue weighted by Gasteiger charge is -2.19. The van der Waals surface area contributed by atoms with Gasteiger partial charge in [-0.1, -0.05) is 48.0 Å². The maximum absolute atomic E-state index is 4.45. The lowest BCUT2D eigenvalue weighted by atomic mass is 10.00. The molecule has 1 N–H and O–H groups in total. The molecule has 0 fully saturated rings. The fraction of sp³-hybridized carbons (Fsp3) is 0.438. The van der Waals surface area contributed by atoms with Gasteiger partial charge in [-0.15, -0.1) is 0 Å². The van der Waals surface area contributed by atoms with Gasteiger partial charge in [0.15, 0.2) is 0 Å². The van der Waals surface area contributed by atoms with Crippen molar-refractivity contribution in [2.45, 2.75) is 39.8 Å². The van der Waals surface area contributed by atoms with Crippen molar-refractivity contribution in [1.82, 2.24) is 15.1 Å². The van der Waals surface area contributed by atoms with E-state index in [1.807, 2.05) is 10.9 Å². The third kappa shape index (κ3) is 3.30. The molecule has 108 valence electrons. The van der Waals surface area contributed by atoms with Crippen molar-refractivity contribution in [1.29, 1.82) is 0 Å². The summed E-state index contributed by atoms with van der Waals surface area (Å²) >= 11 is 3.72. The molecule has 2 aromatic rings. The van der Waals surface area contributed by atoms with Gasteiger partial charge in [0.25, 0.3) is 0 Å². The van der Waals surface area contributed by atoms with Gasteiger partial charge >= 0.3 is 0 Å². The van der Waals surface area contributed by atoms with E-state index < -0.39 is 0 Å². The van der Waals surface area contributed by atoms with Crippen molar-refractivity contribution in [3.8, 4) is 0 Å². The smallest absolute Gasteiger partial charge is 0.0619 e. The third-order valence-corrected chi connectivity index (χ3v) is 4.46. The van der Waals surface area contributed by atoms with E-state index >= 15 is 0 Å². The largest absolute Gasteiger partial charge is 0.306 e. The SMILES string of the molecule is CCCn1cc(C(NCC)c2cccc(C)c2Br)cn1. The summed E-state index contributed by atoms with van der Waals surface area (Å²) in [4.78, 5) is 0. The molecule has 0 saturated carbocycles. The normalized spacial score (nSPS) is 12.6. The predicted octanol–water partition coefficient (Wildman–Crippen LogP) is 4.06. The van der Waals surface area contributed by atoms with E-state index in [1.165, 1.54) is 21.2 Å². The monoisotopic (exact) mass is 335 g/mol. The summed E-state index contributed by atoms with van der Waals surface area (Å²) < 4.78 is 3.19. The first-order chi connectivity index (χ1) is 9.67. The molecule has 0 amide bonds. The second kappa shape index (κ2) is 7.04. The minimum atomic E-state index is 0.180. The maximum Gasteiger partial charge on any atom is 0.0619 e. The molecule has 0 bridgehead atoms. The van der Waals surface area contributed by atoms with Gasteiger partial charge in [0.2, 0.25) is 0 Å². The van der Waals surface area contributed by atoms with E-state index in [0.29, 0.717) is 0 Å². The van der Waals surface area contributed by atoms with Crippen LogP contribution >= 0.6 is 15.9 Å². The first-order valence-corrected chi connectivity index (χ1v) is 7.97. The van der Waals surface area contributed by atoms with E-state index in [9.17, 15) is 0 Å². The Hall–Kier alpha value is -1.13. The quantitative estimate of drug-likeness (QED) is 0.862. The van der Waals surface area contributed by atoms with Crippen LogP contribution in [0.2, 0.25) is 0 Å². The fourth-order valence-electron chi connectivity index (χ4n) is 2.38. The van der Waals surface area contributed by atoms with Gasteiger partial charge in [-0.3, -0.25) is 4.68 Å². The van der Waals surface area contributed by atoms with Crippen LogP contribution in [0.25, 0.3) is 0 Å². The van der Waals surface area contributed by atoms with Crippen molar-refractivity contribution in [2.24, 2.45) is 0 Å². The average molecular weight is 336 g/mol. The maximum atomic E-state index is 4.45. The van der Waals surface area contributed by atoms with Crippen LogP contribution in [0.15, 0.2) is 35.1 Å². The highest BCUT2D eigenvalue weighted by atomic mass is 79.9. The number of benzene rings is 1. The molecule has 1 aromatic carbocycles. The number of nitrogens with one attached hydrogen (secondary N) is 1. The topological polar surface area (TPSA) is 29.9 Å². The van der Waals surface area contributed by atoms with E-state index in [-0.39, 0.29) is 6.04 Å². The summed E-state index contributed by atoms with van der Waals surface area (Å²) in [5.41, 5.74) is 3.74. The van der Waals surface area contributed by atoms with Crippen LogP contribution in [0, 0.1) is 6.92 Å². The van der Waals surface area contributed by atoms with Gasteiger partial charge in [0.05, 0.1) is 12.2 Å². The van der Waals surface area contributed by atoms with E-state index in [0.717, 1.165) is 19.5 Å². The van der Waals surface area contributed by atoms with Crippen LogP contribution in [-0.2, 0) is 6.54 Å². The molecule has 1 atom stereocenters. The van der Waals surface area contributed by atoms with Crippen molar-refractivity contribution < 1.29 is 0 Å². The zero-order valence-electron chi connectivity index (χ0n) is 12.4. The van der Waals surface area contributed by atoms with Gasteiger partial charge in [-0.05, 0) is 31.0 Å². The molecule has 0 aliphatic rings. The molecular weight excluding hydrogens is 314 g/mol. The first kappa shape index (κ1) is 15.3. The lowest BCUT2D eigenvalue weighted by Crippen LogP contribution is -2.22. The molecule has 2 rings (SSSR count). The summed E-state index contributed by atoms with van der Waals surface area (Å²) in [7, 11) is 0. The molecule has 0 spiro atoms. The highest BCUT2D eigenvalue weighted by Gasteiger charge is 2.18. The summed E-state index contributed by atoms with van der Waals surface area (Å²) in [5, 5.41) is 8.00. The van der Waals surface area contributed by atoms with Crippen molar-refractivity contribution in [2.75, 3.05) is 6.54 Å². The Morgan fingerprint density at radius 1 is 1.35 bits per heavy atom. The van der Waals surface area contributed by atoms with Crippen LogP contribution in [0.5, 0.6) is 0 Å². The summed E-state index contributed by atoms with van der Waals surface area (Å²) in [6.07, 6.45) is 5.21. The Labute approximate surface area is 129 Å². The van der Waals surface area contributed by atoms with Crippen LogP contribution in [0.1, 0.15) is 43.0 Å². The molecule has 1 aromatic heterocycles. The molecule has 1 heterocycles. The van der Waals surface area contributed by atoms with Crippen LogP contribution in [0.4, 0.5) is 0 Å². The zero-order valence-corrected chi connectivity index (χ0v) is 13.9. The highest BCUT2D eigenvalue weighted by Crippen LogP contribution is 2.30. The van der Waals surface area contributed by atoms with Gasteiger partial charge in [-0.25, -0.2) is 0 Å². The van der Waals surface area contributed by atoms with Crippen molar-refractivity contribution in [3.63, 3.8) is 0 Å². The summed E-state index contributed by atoms with van der Waals surface area (Å²) in [6.45, 7) is 8.31. The number of hydrogen-bond donors (Lipinski definition) is 1. The predicted molar refractivity (Wildman–Crippen MR) is 86.9 cm³/mol. The average Bonchev–Trinajstić information content (AvgIpc) is 2.88. The van der Waals surface area contributed by atoms with Crippen LogP contribution in [0.3, 0.4) is 0 Å². The molecule has 4 heteroatoms. The van der Waals surface area contributed by atoms with Gasteiger partial charge < -0.3 is 5.32 Å². The molecule has 20 heavy (non-hydrogen) atoms. The second-order valence-electron chi connectivity index (χ2n) is 5.01. The molecule has 0 saturated heterocycles. The molecular formula is C16H22BrN3. The fourth-order valence-corrected chi connectivity index (χ4v) is 2.88. The minimum Gasteiger partial charge on any atom is -0.306 e. The highest BCUT2D eigenvalue weighted by molar-refractivity contribution is 9.10. The third-order valence-electron chi connectivity index (χ3n) is 3.38. The van der Waals surface area contributed by atoms with Crippen molar-refractivity contribution >= 4 is 15.9 Å². The minimum absolute atomic E-state index is 0.180. The van der Waals surface area contributed by atoms with Crippen molar-refractivity contribution in [3.05, 3.63) is 51.8 Å². The first-order valence-electron chi connectivity index (χ1n) is 7.18. The standard InChI is InChI=1S/C16H22BrN3/c1-4-9-20-11-13(10-19-20)16(18-5-2)14-8-6-7-12(3)15(14)17/h6-8,10-11,16,18H,4-5,9H2,1-3H3. The lowest BCUT2D eigenvalue weighted by molar-refractivity contribution is 0.597. The zero-order chi connectivity index (χ0) is 14.5. The Morgan fingerprint density at radius 2 is 2.15 bits per heavy atom. The molecule has 0 aliphatic carbocycles. The number of aromatic nitrogens is 2. The second-order valence-corrected chi connectivity index (χ2v) is 5.80. The van der Waals surface area contributed by atoms with Crippen LogP contribution < -0.4 is 5.32 Å². The van der Waals surface area contributed by atoms with Gasteiger partial charge in [-0.2, -0.15) is 5.10 Å². The molecule has 3 nitrogen and oxygen atoms in total. The Balaban J connectivity index is 2.36. The van der Waals surface area contributed by atoms with E-state index in [1.54, 1.807) is 0 Å². The molecule has 0 aliphatic heterocycles. The Kier molecular flexibility index (Phi) is 5.38.